The lowest BCUT2D eigenvalue weighted by atomic mass is 9.85. The molecule has 1 atom stereocenters. The highest BCUT2D eigenvalue weighted by atomic mass is 16.6. The molecule has 0 bridgehead atoms. The van der Waals surface area contributed by atoms with Gasteiger partial charge in [-0.3, -0.25) is 9.59 Å². The van der Waals surface area contributed by atoms with Crippen LogP contribution in [0.3, 0.4) is 0 Å². The largest absolute Gasteiger partial charge is 0.466 e. The highest BCUT2D eigenvalue weighted by Gasteiger charge is 2.43. The van der Waals surface area contributed by atoms with E-state index in [2.05, 4.69) is 5.32 Å². The Kier molecular flexibility index (Phi) is 6.93. The molecule has 0 radical (unpaired) electrons. The Bertz CT molecular complexity index is 861. The molecule has 1 aliphatic rings. The average Bonchev–Trinajstić information content (AvgIpc) is 2.70. The van der Waals surface area contributed by atoms with Crippen LogP contribution in [0.15, 0.2) is 52.9 Å². The second-order valence-electron chi connectivity index (χ2n) is 6.46. The highest BCUT2D eigenvalue weighted by Crippen LogP contribution is 2.34. The predicted molar refractivity (Wildman–Crippen MR) is 102 cm³/mol. The summed E-state index contributed by atoms with van der Waals surface area (Å²) in [6, 6.07) is 8.46. The fourth-order valence-electron chi connectivity index (χ4n) is 3.19. The Morgan fingerprint density at radius 3 is 1.79 bits per heavy atom. The number of nitrogens with one attached hydrogen (secondary N) is 1. The van der Waals surface area contributed by atoms with Crippen LogP contribution >= 0.6 is 0 Å². The molecule has 154 valence electrons. The minimum Gasteiger partial charge on any atom is -0.466 e. The van der Waals surface area contributed by atoms with E-state index in [4.69, 9.17) is 14.2 Å². The molecule has 0 saturated heterocycles. The summed E-state index contributed by atoms with van der Waals surface area (Å²) in [5, 5.41) is 2.89. The van der Waals surface area contributed by atoms with Crippen molar-refractivity contribution < 1.29 is 33.4 Å². The van der Waals surface area contributed by atoms with Gasteiger partial charge in [-0.25, -0.2) is 9.59 Å². The summed E-state index contributed by atoms with van der Waals surface area (Å²) >= 11 is 0. The minimum atomic E-state index is -1.40. The van der Waals surface area contributed by atoms with Gasteiger partial charge in [-0.05, 0) is 26.3 Å². The van der Waals surface area contributed by atoms with E-state index in [-0.39, 0.29) is 11.1 Å². The maximum atomic E-state index is 13.2. The number of esters is 3. The SMILES string of the molecule is COC(=O)C1=C(C)NC(C)=C(C(=O)OC)C1C(=O)O[C@@H](C(C)=O)c1ccccc1. The van der Waals surface area contributed by atoms with Crippen molar-refractivity contribution in [3.63, 3.8) is 0 Å². The monoisotopic (exact) mass is 401 g/mol. The number of ether oxygens (including phenoxy) is 3. The van der Waals surface area contributed by atoms with Crippen LogP contribution in [0.1, 0.15) is 32.4 Å². The van der Waals surface area contributed by atoms with Crippen LogP contribution in [0.5, 0.6) is 0 Å². The van der Waals surface area contributed by atoms with Crippen molar-refractivity contribution in [3.05, 3.63) is 58.4 Å². The number of allylic oxidation sites excluding steroid dienone is 2. The third-order valence-electron chi connectivity index (χ3n) is 4.51. The average molecular weight is 401 g/mol. The molecule has 0 fully saturated rings. The number of methoxy groups -OCH3 is 2. The van der Waals surface area contributed by atoms with Gasteiger partial charge in [-0.2, -0.15) is 0 Å². The van der Waals surface area contributed by atoms with Crippen molar-refractivity contribution in [3.8, 4) is 0 Å². The number of Topliss-reactive ketones (excluding diaryl/α,β-unsaturated/α-hetero) is 1. The Labute approximate surface area is 168 Å². The second-order valence-corrected chi connectivity index (χ2v) is 6.46. The van der Waals surface area contributed by atoms with Gasteiger partial charge in [-0.15, -0.1) is 0 Å². The van der Waals surface area contributed by atoms with Crippen LogP contribution in [-0.2, 0) is 33.4 Å². The Balaban J connectivity index is 2.52. The molecule has 8 nitrogen and oxygen atoms in total. The number of carbonyl (C=O) groups excluding carboxylic acids is 4. The molecule has 1 aromatic rings. The number of hydrogen-bond acceptors (Lipinski definition) is 8. The maximum absolute atomic E-state index is 13.2. The van der Waals surface area contributed by atoms with E-state index in [0.29, 0.717) is 17.0 Å². The number of ketones is 1. The van der Waals surface area contributed by atoms with E-state index < -0.39 is 35.7 Å². The highest BCUT2D eigenvalue weighted by molar-refractivity contribution is 6.06. The van der Waals surface area contributed by atoms with Crippen molar-refractivity contribution in [2.45, 2.75) is 26.9 Å². The summed E-state index contributed by atoms with van der Waals surface area (Å²) in [6.45, 7) is 4.44. The van der Waals surface area contributed by atoms with Crippen molar-refractivity contribution >= 4 is 23.7 Å². The summed E-state index contributed by atoms with van der Waals surface area (Å²) < 4.78 is 15.1. The maximum Gasteiger partial charge on any atom is 0.336 e. The fourth-order valence-corrected chi connectivity index (χ4v) is 3.19. The number of dihydropyridines is 1. The van der Waals surface area contributed by atoms with E-state index in [9.17, 15) is 19.2 Å². The molecule has 8 heteroatoms. The lowest BCUT2D eigenvalue weighted by Gasteiger charge is -2.29. The third kappa shape index (κ3) is 4.53. The number of benzene rings is 1. The van der Waals surface area contributed by atoms with Crippen molar-refractivity contribution in [1.29, 1.82) is 0 Å². The molecule has 1 heterocycles. The van der Waals surface area contributed by atoms with Gasteiger partial charge in [0.25, 0.3) is 0 Å². The summed E-state index contributed by atoms with van der Waals surface area (Å²) in [6.07, 6.45) is -1.18. The standard InChI is InChI=1S/C21H23NO7/c1-11-15(19(24)27-4)17(16(12(2)22-11)20(25)28-5)21(26)29-18(13(3)23)14-9-7-6-8-10-14/h6-10,17-18,22H,1-5H3/t18-/m0/s1. The number of hydrogen-bond donors (Lipinski definition) is 1. The molecule has 0 saturated carbocycles. The first-order chi connectivity index (χ1) is 13.7. The molecule has 2 rings (SSSR count). The molecule has 1 aliphatic heterocycles. The lowest BCUT2D eigenvalue weighted by molar-refractivity contribution is -0.159. The molecule has 0 unspecified atom stereocenters. The molecule has 0 aliphatic carbocycles. The van der Waals surface area contributed by atoms with Crippen LogP contribution < -0.4 is 5.32 Å². The van der Waals surface area contributed by atoms with Crippen LogP contribution in [0.25, 0.3) is 0 Å². The Hall–Kier alpha value is -3.42. The first-order valence-electron chi connectivity index (χ1n) is 8.84. The van der Waals surface area contributed by atoms with Gasteiger partial charge >= 0.3 is 17.9 Å². The lowest BCUT2D eigenvalue weighted by Crippen LogP contribution is -2.38. The van der Waals surface area contributed by atoms with Gasteiger partial charge in [0, 0.05) is 11.4 Å². The number of rotatable bonds is 6. The molecule has 0 aromatic heterocycles. The van der Waals surface area contributed by atoms with Crippen LogP contribution in [0, 0.1) is 5.92 Å². The molecular formula is C21H23NO7. The van der Waals surface area contributed by atoms with E-state index in [1.54, 1.807) is 44.2 Å². The first-order valence-corrected chi connectivity index (χ1v) is 8.84. The summed E-state index contributed by atoms with van der Waals surface area (Å²) in [4.78, 5) is 50.0. The normalized spacial score (nSPS) is 15.3. The zero-order valence-electron chi connectivity index (χ0n) is 16.9. The Morgan fingerprint density at radius 2 is 1.38 bits per heavy atom. The van der Waals surface area contributed by atoms with Gasteiger partial charge in [-0.1, -0.05) is 30.3 Å². The molecule has 0 amide bonds. The fraction of sp³-hybridized carbons (Fsp3) is 0.333. The van der Waals surface area contributed by atoms with Crippen molar-refractivity contribution in [2.75, 3.05) is 14.2 Å². The third-order valence-corrected chi connectivity index (χ3v) is 4.51. The predicted octanol–water partition coefficient (Wildman–Crippen LogP) is 1.97. The Morgan fingerprint density at radius 1 is 0.897 bits per heavy atom. The van der Waals surface area contributed by atoms with Gasteiger partial charge < -0.3 is 19.5 Å². The summed E-state index contributed by atoms with van der Waals surface area (Å²) in [7, 11) is 2.33. The first kappa shape index (κ1) is 21.9. The van der Waals surface area contributed by atoms with Crippen LogP contribution in [0.4, 0.5) is 0 Å². The quantitative estimate of drug-likeness (QED) is 0.569. The molecule has 29 heavy (non-hydrogen) atoms. The van der Waals surface area contributed by atoms with Gasteiger partial charge in [0.05, 0.1) is 25.4 Å². The zero-order valence-corrected chi connectivity index (χ0v) is 16.9. The molecule has 1 N–H and O–H groups in total. The van der Waals surface area contributed by atoms with Crippen LogP contribution in [0.2, 0.25) is 0 Å². The second kappa shape index (κ2) is 9.18. The van der Waals surface area contributed by atoms with E-state index >= 15 is 0 Å². The summed E-state index contributed by atoms with van der Waals surface area (Å²) in [5.41, 5.74) is 0.978. The molecule has 1 aromatic carbocycles. The van der Waals surface area contributed by atoms with E-state index in [1.807, 2.05) is 0 Å². The van der Waals surface area contributed by atoms with Gasteiger partial charge in [0.15, 0.2) is 11.9 Å². The van der Waals surface area contributed by atoms with Crippen molar-refractivity contribution in [1.82, 2.24) is 5.32 Å². The topological polar surface area (TPSA) is 108 Å². The van der Waals surface area contributed by atoms with Gasteiger partial charge in [0.2, 0.25) is 0 Å². The summed E-state index contributed by atoms with van der Waals surface area (Å²) in [5.74, 6) is -4.34. The van der Waals surface area contributed by atoms with Crippen molar-refractivity contribution in [2.24, 2.45) is 5.92 Å². The van der Waals surface area contributed by atoms with Gasteiger partial charge in [0.1, 0.15) is 5.92 Å². The molecular weight excluding hydrogens is 378 g/mol. The number of carbonyl (C=O) groups is 4. The minimum absolute atomic E-state index is 0.0844. The zero-order chi connectivity index (χ0) is 21.7. The van der Waals surface area contributed by atoms with E-state index in [1.165, 1.54) is 6.92 Å². The van der Waals surface area contributed by atoms with E-state index in [0.717, 1.165) is 14.2 Å². The molecule has 0 spiro atoms. The van der Waals surface area contributed by atoms with Crippen LogP contribution in [-0.4, -0.2) is 37.9 Å². The smallest absolute Gasteiger partial charge is 0.336 e.